The normalized spacial score (nSPS) is 12.8. The van der Waals surface area contributed by atoms with Crippen LogP contribution in [-0.2, 0) is 43.2 Å². The Morgan fingerprint density at radius 1 is 1.06 bits per heavy atom. The van der Waals surface area contributed by atoms with Gasteiger partial charge in [-0.15, -0.1) is 0 Å². The Kier molecular flexibility index (Phi) is 8.17. The molecule has 0 amide bonds. The number of hydrogen-bond donors (Lipinski definition) is 0. The van der Waals surface area contributed by atoms with Crippen molar-refractivity contribution >= 4 is 23.3 Å². The molecular weight excluding hydrogens is 491 g/mol. The van der Waals surface area contributed by atoms with E-state index >= 15 is 0 Å². The minimum atomic E-state index is -4.36. The van der Waals surface area contributed by atoms with E-state index in [1.54, 1.807) is 23.0 Å². The summed E-state index contributed by atoms with van der Waals surface area (Å²) < 4.78 is 63.3. The summed E-state index contributed by atoms with van der Waals surface area (Å²) in [6.45, 7) is 0.188. The Morgan fingerprint density at radius 2 is 1.81 bits per heavy atom. The predicted octanol–water partition coefficient (Wildman–Crippen LogP) is 5.67. The van der Waals surface area contributed by atoms with E-state index < -0.39 is 22.9 Å². The van der Waals surface area contributed by atoms with Gasteiger partial charge in [-0.1, -0.05) is 24.3 Å². The quantitative estimate of drug-likeness (QED) is 0.255. The number of benzene rings is 2. The highest BCUT2D eigenvalue weighted by Gasteiger charge is 2.29. The van der Waals surface area contributed by atoms with Gasteiger partial charge in [-0.25, -0.2) is 4.98 Å². The van der Waals surface area contributed by atoms with Crippen molar-refractivity contribution in [1.82, 2.24) is 14.8 Å². The van der Waals surface area contributed by atoms with Crippen LogP contribution in [-0.4, -0.2) is 25.1 Å². The summed E-state index contributed by atoms with van der Waals surface area (Å²) in [5.74, 6) is 2.00. The van der Waals surface area contributed by atoms with Gasteiger partial charge < -0.3 is 13.7 Å². The molecule has 1 atom stereocenters. The molecule has 0 saturated heterocycles. The van der Waals surface area contributed by atoms with Crippen molar-refractivity contribution in [3.63, 3.8) is 0 Å². The maximum atomic E-state index is 12.7. The third-order valence-corrected chi connectivity index (χ3v) is 6.69. The van der Waals surface area contributed by atoms with Crippen molar-refractivity contribution in [2.45, 2.75) is 25.0 Å². The monoisotopic (exact) mass is 515 g/mol. The van der Waals surface area contributed by atoms with Crippen molar-refractivity contribution in [1.29, 1.82) is 0 Å². The maximum absolute atomic E-state index is 12.7. The smallest absolute Gasteiger partial charge is 0.416 e. The van der Waals surface area contributed by atoms with Crippen LogP contribution in [0.3, 0.4) is 0 Å². The minimum Gasteiger partial charge on any atom is -0.616 e. The van der Waals surface area contributed by atoms with Crippen LogP contribution in [0.15, 0.2) is 71.5 Å². The van der Waals surface area contributed by atoms with Crippen LogP contribution in [0.2, 0.25) is 0 Å². The zero-order valence-corrected chi connectivity index (χ0v) is 20.3. The molecule has 4 rings (SSSR count). The molecule has 0 fully saturated rings. The molecule has 0 radical (unpaired) electrons. The molecule has 2 heterocycles. The van der Waals surface area contributed by atoms with E-state index in [0.717, 1.165) is 23.4 Å². The average molecular weight is 516 g/mol. The van der Waals surface area contributed by atoms with Gasteiger partial charge in [-0.2, -0.15) is 18.3 Å². The zero-order valence-electron chi connectivity index (χ0n) is 19.4. The first-order valence-corrected chi connectivity index (χ1v) is 12.6. The molecule has 4 aromatic rings. The summed E-state index contributed by atoms with van der Waals surface area (Å²) >= 11 is -0.983. The minimum absolute atomic E-state index is 0.188. The topological polar surface area (TPSA) is 76.1 Å². The molecule has 2 aromatic heterocycles. The second-order valence-corrected chi connectivity index (χ2v) is 9.62. The SMILES string of the molecule is Cn1nccc1CC[S+]([O-])Cc1ccc(OCc2coc(C=Cc3ccc(C(F)(F)F)cc3)n2)cc1. The van der Waals surface area contributed by atoms with Crippen molar-refractivity contribution < 1.29 is 26.9 Å². The Morgan fingerprint density at radius 3 is 2.47 bits per heavy atom. The standard InChI is InChI=1S/C26H24F3N3O3S/c1-32-23(12-14-30-32)13-15-36(33)18-20-4-9-24(10-5-20)34-16-22-17-35-25(31-22)11-6-19-2-7-21(8-3-19)26(27,28)29/h2-12,14,17H,13,15-16,18H2,1H3. The molecular formula is C26H24F3N3O3S. The molecule has 0 aliphatic heterocycles. The number of halogens is 3. The highest BCUT2D eigenvalue weighted by Crippen LogP contribution is 2.29. The number of oxazole rings is 1. The van der Waals surface area contributed by atoms with Crippen LogP contribution in [0.25, 0.3) is 12.2 Å². The molecule has 2 aromatic carbocycles. The van der Waals surface area contributed by atoms with Gasteiger partial charge in [0.15, 0.2) is 0 Å². The lowest BCUT2D eigenvalue weighted by atomic mass is 10.1. The van der Waals surface area contributed by atoms with Crippen molar-refractivity contribution in [3.05, 3.63) is 101 Å². The van der Waals surface area contributed by atoms with Crippen molar-refractivity contribution in [2.24, 2.45) is 7.05 Å². The first-order valence-electron chi connectivity index (χ1n) is 11.1. The highest BCUT2D eigenvalue weighted by molar-refractivity contribution is 7.90. The Hall–Kier alpha value is -3.50. The lowest BCUT2D eigenvalue weighted by molar-refractivity contribution is -0.137. The van der Waals surface area contributed by atoms with E-state index in [2.05, 4.69) is 10.1 Å². The second kappa shape index (κ2) is 11.5. The summed E-state index contributed by atoms with van der Waals surface area (Å²) in [5.41, 5.74) is 2.48. The summed E-state index contributed by atoms with van der Waals surface area (Å²) in [5, 5.41) is 4.12. The third kappa shape index (κ3) is 7.25. The third-order valence-electron chi connectivity index (χ3n) is 5.37. The van der Waals surface area contributed by atoms with E-state index in [4.69, 9.17) is 9.15 Å². The fraction of sp³-hybridized carbons (Fsp3) is 0.231. The van der Waals surface area contributed by atoms with Gasteiger partial charge in [0.1, 0.15) is 35.8 Å². The van der Waals surface area contributed by atoms with Gasteiger partial charge in [0.2, 0.25) is 5.89 Å². The number of alkyl halides is 3. The molecule has 188 valence electrons. The summed E-state index contributed by atoms with van der Waals surface area (Å²) in [6, 6.07) is 14.2. The van der Waals surface area contributed by atoms with Crippen LogP contribution in [0, 0.1) is 0 Å². The van der Waals surface area contributed by atoms with Crippen molar-refractivity contribution in [2.75, 3.05) is 5.75 Å². The van der Waals surface area contributed by atoms with Gasteiger partial charge in [0, 0.05) is 37.0 Å². The van der Waals surface area contributed by atoms with Crippen LogP contribution in [0.1, 0.15) is 34.0 Å². The molecule has 0 aliphatic carbocycles. The van der Waals surface area contributed by atoms with E-state index in [1.807, 2.05) is 37.4 Å². The molecule has 0 bridgehead atoms. The fourth-order valence-corrected chi connectivity index (χ4v) is 4.52. The van der Waals surface area contributed by atoms with Gasteiger partial charge >= 0.3 is 6.18 Å². The highest BCUT2D eigenvalue weighted by atomic mass is 32.2. The molecule has 36 heavy (non-hydrogen) atoms. The molecule has 0 saturated carbocycles. The second-order valence-electron chi connectivity index (χ2n) is 8.05. The molecule has 0 aliphatic rings. The largest absolute Gasteiger partial charge is 0.616 e. The Labute approximate surface area is 209 Å². The predicted molar refractivity (Wildman–Crippen MR) is 131 cm³/mol. The number of rotatable bonds is 10. The summed E-state index contributed by atoms with van der Waals surface area (Å²) in [4.78, 5) is 4.30. The number of aryl methyl sites for hydroxylation is 2. The van der Waals surface area contributed by atoms with Crippen molar-refractivity contribution in [3.8, 4) is 5.75 Å². The van der Waals surface area contributed by atoms with E-state index in [1.165, 1.54) is 18.4 Å². The van der Waals surface area contributed by atoms with Gasteiger partial charge in [0.25, 0.3) is 0 Å². The fourth-order valence-electron chi connectivity index (χ4n) is 3.38. The maximum Gasteiger partial charge on any atom is 0.416 e. The van der Waals surface area contributed by atoms with Gasteiger partial charge in [0.05, 0.1) is 5.56 Å². The molecule has 0 spiro atoms. The molecule has 6 nitrogen and oxygen atoms in total. The van der Waals surface area contributed by atoms with E-state index in [-0.39, 0.29) is 6.61 Å². The summed E-state index contributed by atoms with van der Waals surface area (Å²) in [6.07, 6.45) is 2.75. The lowest BCUT2D eigenvalue weighted by Gasteiger charge is -2.11. The van der Waals surface area contributed by atoms with E-state index in [9.17, 15) is 17.7 Å². The zero-order chi connectivity index (χ0) is 25.5. The van der Waals surface area contributed by atoms with Gasteiger partial charge in [-0.3, -0.25) is 4.68 Å². The van der Waals surface area contributed by atoms with Crippen LogP contribution in [0.5, 0.6) is 5.75 Å². The molecule has 10 heteroatoms. The average Bonchev–Trinajstić information content (AvgIpc) is 3.49. The molecule has 1 unspecified atom stereocenters. The number of ether oxygens (including phenoxy) is 1. The van der Waals surface area contributed by atoms with Crippen LogP contribution in [0.4, 0.5) is 13.2 Å². The Balaban J connectivity index is 1.23. The first kappa shape index (κ1) is 25.6. The number of nitrogens with zero attached hydrogens (tertiary/aromatic N) is 3. The Bertz CT molecular complexity index is 1280. The van der Waals surface area contributed by atoms with Crippen LogP contribution < -0.4 is 4.74 Å². The van der Waals surface area contributed by atoms with Crippen LogP contribution >= 0.6 is 0 Å². The van der Waals surface area contributed by atoms with E-state index in [0.29, 0.717) is 40.8 Å². The lowest BCUT2D eigenvalue weighted by Crippen LogP contribution is -2.13. The molecule has 0 N–H and O–H groups in total. The van der Waals surface area contributed by atoms with Gasteiger partial charge in [-0.05, 0) is 53.1 Å². The number of aromatic nitrogens is 3. The number of hydrogen-bond acceptors (Lipinski definition) is 5. The summed E-state index contributed by atoms with van der Waals surface area (Å²) in [7, 11) is 1.87. The first-order chi connectivity index (χ1) is 17.3.